The zero-order valence-electron chi connectivity index (χ0n) is 17.8. The third-order valence-corrected chi connectivity index (χ3v) is 6.45. The molecular formula is C25H35N3O. The van der Waals surface area contributed by atoms with Gasteiger partial charge in [-0.2, -0.15) is 0 Å². The first-order chi connectivity index (χ1) is 14.3. The minimum absolute atomic E-state index is 0.556. The molecule has 0 aliphatic carbocycles. The lowest BCUT2D eigenvalue weighted by Gasteiger charge is -2.33. The SMILES string of the molecule is CCN1CCN(CCOc2ccc(CN3CCCC3c3ccccc3)cc2)CC1. The van der Waals surface area contributed by atoms with E-state index in [2.05, 4.69) is 76.2 Å². The highest BCUT2D eigenvalue weighted by atomic mass is 16.5. The quantitative estimate of drug-likeness (QED) is 0.674. The van der Waals surface area contributed by atoms with Gasteiger partial charge in [0.1, 0.15) is 12.4 Å². The summed E-state index contributed by atoms with van der Waals surface area (Å²) in [6.45, 7) is 12.1. The van der Waals surface area contributed by atoms with Crippen molar-refractivity contribution >= 4 is 0 Å². The van der Waals surface area contributed by atoms with E-state index in [0.717, 1.165) is 38.5 Å². The van der Waals surface area contributed by atoms with Crippen LogP contribution in [0.1, 0.15) is 36.9 Å². The fourth-order valence-corrected chi connectivity index (χ4v) is 4.62. The van der Waals surface area contributed by atoms with Gasteiger partial charge in [-0.3, -0.25) is 9.80 Å². The number of nitrogens with zero attached hydrogens (tertiary/aromatic N) is 3. The summed E-state index contributed by atoms with van der Waals surface area (Å²) in [6, 6.07) is 20.2. The minimum Gasteiger partial charge on any atom is -0.492 e. The molecular weight excluding hydrogens is 358 g/mol. The fourth-order valence-electron chi connectivity index (χ4n) is 4.62. The predicted molar refractivity (Wildman–Crippen MR) is 119 cm³/mol. The normalized spacial score (nSPS) is 21.5. The van der Waals surface area contributed by atoms with Gasteiger partial charge in [0.05, 0.1) is 0 Å². The predicted octanol–water partition coefficient (Wildman–Crippen LogP) is 4.04. The summed E-state index contributed by atoms with van der Waals surface area (Å²) in [5.41, 5.74) is 2.82. The number of rotatable bonds is 8. The average Bonchev–Trinajstić information content (AvgIpc) is 3.24. The Hall–Kier alpha value is -1.88. The number of ether oxygens (including phenoxy) is 1. The second kappa shape index (κ2) is 10.2. The van der Waals surface area contributed by atoms with Gasteiger partial charge in [0, 0.05) is 45.3 Å². The van der Waals surface area contributed by atoms with Crippen LogP contribution in [-0.4, -0.2) is 67.1 Å². The van der Waals surface area contributed by atoms with Gasteiger partial charge < -0.3 is 9.64 Å². The molecule has 2 aliphatic rings. The first-order valence-corrected chi connectivity index (χ1v) is 11.3. The molecule has 0 bridgehead atoms. The van der Waals surface area contributed by atoms with Crippen molar-refractivity contribution in [3.63, 3.8) is 0 Å². The first kappa shape index (κ1) is 20.4. The summed E-state index contributed by atoms with van der Waals surface area (Å²) < 4.78 is 6.01. The van der Waals surface area contributed by atoms with E-state index in [1.807, 2.05) is 0 Å². The van der Waals surface area contributed by atoms with Crippen molar-refractivity contribution in [3.05, 3.63) is 65.7 Å². The van der Waals surface area contributed by atoms with Gasteiger partial charge in [0.15, 0.2) is 0 Å². The van der Waals surface area contributed by atoms with E-state index >= 15 is 0 Å². The van der Waals surface area contributed by atoms with Crippen molar-refractivity contribution in [2.75, 3.05) is 52.4 Å². The Kier molecular flexibility index (Phi) is 7.20. The lowest BCUT2D eigenvalue weighted by molar-refractivity contribution is 0.121. The molecule has 2 aliphatic heterocycles. The van der Waals surface area contributed by atoms with Crippen LogP contribution in [0.3, 0.4) is 0 Å². The van der Waals surface area contributed by atoms with E-state index in [1.54, 1.807) is 0 Å². The number of hydrogen-bond acceptors (Lipinski definition) is 4. The van der Waals surface area contributed by atoms with Crippen molar-refractivity contribution in [2.45, 2.75) is 32.4 Å². The van der Waals surface area contributed by atoms with Crippen LogP contribution in [0.25, 0.3) is 0 Å². The van der Waals surface area contributed by atoms with Crippen molar-refractivity contribution in [1.82, 2.24) is 14.7 Å². The molecule has 29 heavy (non-hydrogen) atoms. The van der Waals surface area contributed by atoms with Crippen molar-refractivity contribution in [3.8, 4) is 5.75 Å². The van der Waals surface area contributed by atoms with Crippen LogP contribution < -0.4 is 4.74 Å². The van der Waals surface area contributed by atoms with Gasteiger partial charge in [-0.25, -0.2) is 0 Å². The van der Waals surface area contributed by atoms with Crippen LogP contribution >= 0.6 is 0 Å². The van der Waals surface area contributed by atoms with Gasteiger partial charge >= 0.3 is 0 Å². The van der Waals surface area contributed by atoms with Crippen LogP contribution in [0.15, 0.2) is 54.6 Å². The van der Waals surface area contributed by atoms with Crippen LogP contribution in [-0.2, 0) is 6.54 Å². The van der Waals surface area contributed by atoms with Gasteiger partial charge in [0.25, 0.3) is 0 Å². The van der Waals surface area contributed by atoms with Crippen molar-refractivity contribution in [2.24, 2.45) is 0 Å². The molecule has 4 rings (SSSR count). The Morgan fingerprint density at radius 1 is 0.862 bits per heavy atom. The first-order valence-electron chi connectivity index (χ1n) is 11.3. The zero-order valence-corrected chi connectivity index (χ0v) is 17.8. The standard InChI is InChI=1S/C25H35N3O/c1-2-26-15-17-27(18-16-26)19-20-29-24-12-10-22(11-13-24)21-28-14-6-9-25(28)23-7-4-3-5-8-23/h3-5,7-8,10-13,25H,2,6,9,14-21H2,1H3. The average molecular weight is 394 g/mol. The van der Waals surface area contributed by atoms with Crippen LogP contribution in [0, 0.1) is 0 Å². The summed E-state index contributed by atoms with van der Waals surface area (Å²) in [5.74, 6) is 0.988. The van der Waals surface area contributed by atoms with Crippen LogP contribution in [0.4, 0.5) is 0 Å². The summed E-state index contributed by atoms with van der Waals surface area (Å²) >= 11 is 0. The molecule has 1 atom stereocenters. The number of likely N-dealkylation sites (tertiary alicyclic amines) is 1. The lowest BCUT2D eigenvalue weighted by Crippen LogP contribution is -2.47. The van der Waals surface area contributed by atoms with Gasteiger partial charge in [-0.15, -0.1) is 0 Å². The van der Waals surface area contributed by atoms with Crippen molar-refractivity contribution < 1.29 is 4.74 Å². The maximum absolute atomic E-state index is 6.01. The molecule has 0 saturated carbocycles. The highest BCUT2D eigenvalue weighted by Crippen LogP contribution is 2.33. The second-order valence-corrected chi connectivity index (χ2v) is 8.31. The highest BCUT2D eigenvalue weighted by molar-refractivity contribution is 5.28. The van der Waals surface area contributed by atoms with Gasteiger partial charge in [0.2, 0.25) is 0 Å². The zero-order chi connectivity index (χ0) is 19.9. The molecule has 2 aromatic carbocycles. The fraction of sp³-hybridized carbons (Fsp3) is 0.520. The molecule has 2 saturated heterocycles. The summed E-state index contributed by atoms with van der Waals surface area (Å²) in [6.07, 6.45) is 2.55. The summed E-state index contributed by atoms with van der Waals surface area (Å²) in [5, 5.41) is 0. The van der Waals surface area contributed by atoms with Crippen LogP contribution in [0.2, 0.25) is 0 Å². The molecule has 2 heterocycles. The Labute approximate surface area is 176 Å². The molecule has 0 aromatic heterocycles. The molecule has 156 valence electrons. The van der Waals surface area contributed by atoms with Gasteiger partial charge in [-0.05, 0) is 49.2 Å². The molecule has 4 nitrogen and oxygen atoms in total. The van der Waals surface area contributed by atoms with E-state index in [0.29, 0.717) is 6.04 Å². The Morgan fingerprint density at radius 2 is 1.59 bits per heavy atom. The molecule has 0 amide bonds. The molecule has 0 N–H and O–H groups in total. The molecule has 0 radical (unpaired) electrons. The third-order valence-electron chi connectivity index (χ3n) is 6.45. The van der Waals surface area contributed by atoms with E-state index in [1.165, 1.54) is 50.1 Å². The summed E-state index contributed by atoms with van der Waals surface area (Å²) in [7, 11) is 0. The number of likely N-dealkylation sites (N-methyl/N-ethyl adjacent to an activating group) is 1. The minimum atomic E-state index is 0.556. The Balaban J connectivity index is 1.23. The number of hydrogen-bond donors (Lipinski definition) is 0. The topological polar surface area (TPSA) is 19.0 Å². The van der Waals surface area contributed by atoms with E-state index in [-0.39, 0.29) is 0 Å². The maximum Gasteiger partial charge on any atom is 0.119 e. The van der Waals surface area contributed by atoms with Crippen molar-refractivity contribution in [1.29, 1.82) is 0 Å². The smallest absolute Gasteiger partial charge is 0.119 e. The molecule has 2 fully saturated rings. The number of piperazine rings is 1. The molecule has 4 heteroatoms. The molecule has 0 spiro atoms. The molecule has 2 aromatic rings. The monoisotopic (exact) mass is 393 g/mol. The van der Waals surface area contributed by atoms with E-state index in [4.69, 9.17) is 4.74 Å². The maximum atomic E-state index is 6.01. The van der Waals surface area contributed by atoms with Crippen LogP contribution in [0.5, 0.6) is 5.75 Å². The van der Waals surface area contributed by atoms with E-state index < -0.39 is 0 Å². The molecule has 1 unspecified atom stereocenters. The highest BCUT2D eigenvalue weighted by Gasteiger charge is 2.25. The van der Waals surface area contributed by atoms with E-state index in [9.17, 15) is 0 Å². The number of benzene rings is 2. The Morgan fingerprint density at radius 3 is 2.31 bits per heavy atom. The second-order valence-electron chi connectivity index (χ2n) is 8.31. The van der Waals surface area contributed by atoms with Gasteiger partial charge in [-0.1, -0.05) is 49.4 Å². The summed E-state index contributed by atoms with van der Waals surface area (Å²) in [4.78, 5) is 7.64. The third kappa shape index (κ3) is 5.59. The Bertz CT molecular complexity index is 725. The largest absolute Gasteiger partial charge is 0.492 e. The lowest BCUT2D eigenvalue weighted by atomic mass is 10.0.